The summed E-state index contributed by atoms with van der Waals surface area (Å²) in [5, 5.41) is 10.4. The Morgan fingerprint density at radius 3 is 2.93 bits per heavy atom. The molecule has 0 radical (unpaired) electrons. The lowest BCUT2D eigenvalue weighted by Gasteiger charge is -2.48. The van der Waals surface area contributed by atoms with Crippen molar-refractivity contribution in [3.63, 3.8) is 0 Å². The van der Waals surface area contributed by atoms with Crippen LogP contribution in [0.25, 0.3) is 11.2 Å². The van der Waals surface area contributed by atoms with Crippen LogP contribution in [0, 0.1) is 17.1 Å². The number of imidazole rings is 1. The third kappa shape index (κ3) is 4.14. The predicted octanol–water partition coefficient (Wildman–Crippen LogP) is 3.42. The standard InChI is InChI=1S/C28H28F2N10OS2/c29-16-4-15(22(32)34-7-16)8-38-14-35-21-24(38)36-26(41-13-27-2-1-3-40(27)9-17(30)5-27)37-25(21)39-11-28(12-39)20-18(6-31)23(33)43-19(20)10-42-28/h4,7,14,17H,1-3,5,8-13,33H2,(H2,32,34)/t17-,27+/m1/s1. The largest absolute Gasteiger partial charge is 0.461 e. The lowest BCUT2D eigenvalue weighted by molar-refractivity contribution is 0.107. The van der Waals surface area contributed by atoms with Crippen molar-refractivity contribution in [2.24, 2.45) is 0 Å². The first-order valence-corrected chi connectivity index (χ1v) is 15.9. The monoisotopic (exact) mass is 622 g/mol. The van der Waals surface area contributed by atoms with Crippen LogP contribution < -0.4 is 21.1 Å². The van der Waals surface area contributed by atoms with Gasteiger partial charge in [-0.25, -0.2) is 18.7 Å². The molecule has 0 amide bonds. The van der Waals surface area contributed by atoms with Gasteiger partial charge in [0.2, 0.25) is 0 Å². The summed E-state index contributed by atoms with van der Waals surface area (Å²) in [5.74, 6) is 1.17. The van der Waals surface area contributed by atoms with Crippen molar-refractivity contribution in [3.05, 3.63) is 46.0 Å². The normalized spacial score (nSPS) is 23.9. The number of alkyl halides is 1. The summed E-state index contributed by atoms with van der Waals surface area (Å²) in [5.41, 5.74) is 15.1. The maximum atomic E-state index is 14.4. The number of rotatable bonds is 6. The van der Waals surface area contributed by atoms with Gasteiger partial charge in [-0.15, -0.1) is 23.1 Å². The summed E-state index contributed by atoms with van der Waals surface area (Å²) < 4.78 is 36.2. The van der Waals surface area contributed by atoms with Gasteiger partial charge in [-0.2, -0.15) is 15.2 Å². The summed E-state index contributed by atoms with van der Waals surface area (Å²) >= 11 is 3.32. The number of nitrogens with zero attached hydrogens (tertiary/aromatic N) is 8. The Morgan fingerprint density at radius 1 is 1.23 bits per heavy atom. The van der Waals surface area contributed by atoms with Crippen LogP contribution in [0.15, 0.2) is 18.6 Å². The number of halogens is 2. The second-order valence-electron chi connectivity index (χ2n) is 11.8. The molecule has 43 heavy (non-hydrogen) atoms. The van der Waals surface area contributed by atoms with Crippen molar-refractivity contribution >= 4 is 50.9 Å². The summed E-state index contributed by atoms with van der Waals surface area (Å²) in [6.45, 7) is 3.02. The fourth-order valence-corrected chi connectivity index (χ4v) is 10.0. The number of nitrogens with two attached hydrogens (primary N) is 2. The van der Waals surface area contributed by atoms with E-state index in [1.807, 2.05) is 11.8 Å². The molecule has 0 saturated carbocycles. The van der Waals surface area contributed by atoms with Gasteiger partial charge in [0.15, 0.2) is 17.0 Å². The van der Waals surface area contributed by atoms with Crippen LogP contribution in [0.4, 0.5) is 25.4 Å². The number of thioether (sulfide) groups is 1. The third-order valence-corrected chi connectivity index (χ3v) is 11.9. The van der Waals surface area contributed by atoms with Gasteiger partial charge < -0.3 is 25.7 Å². The van der Waals surface area contributed by atoms with Crippen LogP contribution >= 0.6 is 23.1 Å². The number of ether oxygens (including phenoxy) is 1. The Morgan fingerprint density at radius 2 is 2.09 bits per heavy atom. The van der Waals surface area contributed by atoms with Crippen LogP contribution in [-0.4, -0.2) is 73.9 Å². The van der Waals surface area contributed by atoms with E-state index in [4.69, 9.17) is 26.2 Å². The number of hydrogen-bond donors (Lipinski definition) is 2. The van der Waals surface area contributed by atoms with Gasteiger partial charge >= 0.3 is 6.01 Å². The maximum Gasteiger partial charge on any atom is 0.320 e. The summed E-state index contributed by atoms with van der Waals surface area (Å²) in [6, 6.07) is 3.84. The Kier molecular flexibility index (Phi) is 6.02. The SMILES string of the molecule is N#Cc1c(N)sc2c1C1(CN(c3nc(OC[C@@]45CCCN4C[C@H](F)C5)nc4c3ncn4Cc3cc(F)cnc3N)C1)SC2. The first-order valence-electron chi connectivity index (χ1n) is 14.1. The minimum atomic E-state index is -0.870. The average Bonchev–Trinajstić information content (AvgIpc) is 3.75. The summed E-state index contributed by atoms with van der Waals surface area (Å²) in [4.78, 5) is 23.6. The van der Waals surface area contributed by atoms with Crippen molar-refractivity contribution < 1.29 is 13.5 Å². The highest BCUT2D eigenvalue weighted by Gasteiger charge is 2.53. The van der Waals surface area contributed by atoms with Crippen molar-refractivity contribution in [3.8, 4) is 12.1 Å². The van der Waals surface area contributed by atoms with Crippen molar-refractivity contribution in [1.29, 1.82) is 5.26 Å². The van der Waals surface area contributed by atoms with Gasteiger partial charge in [0, 0.05) is 47.8 Å². The van der Waals surface area contributed by atoms with Gasteiger partial charge in [0.25, 0.3) is 0 Å². The number of aromatic nitrogens is 5. The maximum absolute atomic E-state index is 14.4. The van der Waals surface area contributed by atoms with Crippen molar-refractivity contribution in [1.82, 2.24) is 29.4 Å². The van der Waals surface area contributed by atoms with Crippen molar-refractivity contribution in [2.75, 3.05) is 49.2 Å². The zero-order valence-corrected chi connectivity index (χ0v) is 24.7. The van der Waals surface area contributed by atoms with Gasteiger partial charge in [0.1, 0.15) is 35.5 Å². The fourth-order valence-electron chi connectivity index (χ4n) is 7.20. The first kappa shape index (κ1) is 26.9. The molecule has 4 aliphatic heterocycles. The number of anilines is 3. The highest BCUT2D eigenvalue weighted by molar-refractivity contribution is 8.00. The Labute approximate surface area is 253 Å². The molecule has 4 aromatic heterocycles. The van der Waals surface area contributed by atoms with E-state index in [1.165, 1.54) is 17.4 Å². The predicted molar refractivity (Wildman–Crippen MR) is 160 cm³/mol. The van der Waals surface area contributed by atoms with E-state index in [9.17, 15) is 14.0 Å². The molecule has 8 rings (SSSR count). The molecule has 4 aromatic rings. The first-order chi connectivity index (χ1) is 20.8. The number of nitriles is 1. The molecule has 11 nitrogen and oxygen atoms in total. The number of thiophene rings is 1. The van der Waals surface area contributed by atoms with Gasteiger partial charge in [0.05, 0.1) is 34.9 Å². The van der Waals surface area contributed by atoms with Gasteiger partial charge in [-0.05, 0) is 25.5 Å². The molecule has 3 fully saturated rings. The van der Waals surface area contributed by atoms with E-state index >= 15 is 0 Å². The minimum absolute atomic E-state index is 0.177. The number of nitrogen functional groups attached to an aromatic ring is 2. The second kappa shape index (κ2) is 9.63. The lowest BCUT2D eigenvalue weighted by atomic mass is 9.88. The quantitative estimate of drug-likeness (QED) is 0.326. The molecular formula is C28H28F2N10OS2. The molecule has 8 heterocycles. The number of pyridine rings is 1. The molecule has 0 bridgehead atoms. The van der Waals surface area contributed by atoms with Crippen molar-refractivity contribution in [2.45, 2.75) is 48.0 Å². The highest BCUT2D eigenvalue weighted by atomic mass is 32.2. The Hall–Kier alpha value is -3.74. The zero-order valence-electron chi connectivity index (χ0n) is 23.1. The molecule has 222 valence electrons. The lowest BCUT2D eigenvalue weighted by Crippen LogP contribution is -2.57. The number of hydrogen-bond acceptors (Lipinski definition) is 12. The van der Waals surface area contributed by atoms with Gasteiger partial charge in [-0.3, -0.25) is 4.90 Å². The molecular weight excluding hydrogens is 595 g/mol. The topological polar surface area (TPSA) is 148 Å². The molecule has 1 spiro atoms. The second-order valence-corrected chi connectivity index (χ2v) is 14.3. The van der Waals surface area contributed by atoms with Crippen LogP contribution in [0.1, 0.15) is 40.8 Å². The molecule has 4 N–H and O–H groups in total. The highest BCUT2D eigenvalue weighted by Crippen LogP contribution is 2.58. The Bertz CT molecular complexity index is 1820. The van der Waals surface area contributed by atoms with Gasteiger partial charge in [-0.1, -0.05) is 0 Å². The zero-order chi connectivity index (χ0) is 29.5. The van der Waals surface area contributed by atoms with E-state index < -0.39 is 12.0 Å². The third-order valence-electron chi connectivity index (χ3n) is 9.21. The van der Waals surface area contributed by atoms with E-state index in [0.717, 1.165) is 41.8 Å². The minimum Gasteiger partial charge on any atom is -0.461 e. The fraction of sp³-hybridized carbons (Fsp3) is 0.464. The van der Waals surface area contributed by atoms with Crippen LogP contribution in [0.5, 0.6) is 6.01 Å². The summed E-state index contributed by atoms with van der Waals surface area (Å²) in [7, 11) is 0. The molecule has 0 unspecified atom stereocenters. The number of fused-ring (bicyclic) bond motifs is 4. The molecule has 0 aliphatic carbocycles. The van der Waals surface area contributed by atoms with Crippen LogP contribution in [0.2, 0.25) is 0 Å². The summed E-state index contributed by atoms with van der Waals surface area (Å²) in [6.07, 6.45) is 4.15. The van der Waals surface area contributed by atoms with Crippen LogP contribution in [0.3, 0.4) is 0 Å². The average molecular weight is 623 g/mol. The molecule has 15 heteroatoms. The van der Waals surface area contributed by atoms with Crippen LogP contribution in [-0.2, 0) is 17.0 Å². The van der Waals surface area contributed by atoms with E-state index in [1.54, 1.807) is 10.9 Å². The van der Waals surface area contributed by atoms with E-state index in [2.05, 4.69) is 25.8 Å². The van der Waals surface area contributed by atoms with E-state index in [-0.39, 0.29) is 35.3 Å². The molecule has 0 aromatic carbocycles. The Balaban J connectivity index is 1.15. The molecule has 4 aliphatic rings. The smallest absolute Gasteiger partial charge is 0.320 e. The molecule has 2 atom stereocenters. The van der Waals surface area contributed by atoms with E-state index in [0.29, 0.717) is 59.2 Å². The molecule has 3 saturated heterocycles.